The second-order valence-corrected chi connectivity index (χ2v) is 6.79. The van der Waals surface area contributed by atoms with Gasteiger partial charge in [-0.1, -0.05) is 49.8 Å². The van der Waals surface area contributed by atoms with Crippen LogP contribution in [0.15, 0.2) is 41.8 Å². The minimum atomic E-state index is -0.755. The Hall–Kier alpha value is -2.89. The molecule has 1 fully saturated rings. The molecule has 3 rings (SSSR count). The van der Waals surface area contributed by atoms with Crippen LogP contribution in [0.2, 0.25) is 0 Å². The highest BCUT2D eigenvalue weighted by atomic mass is 16.3. The molecule has 2 N–H and O–H groups in total. The van der Waals surface area contributed by atoms with E-state index < -0.39 is 17.1 Å². The summed E-state index contributed by atoms with van der Waals surface area (Å²) in [5.74, 6) is -1.07. The van der Waals surface area contributed by atoms with Crippen molar-refractivity contribution in [2.24, 2.45) is 0 Å². The first-order chi connectivity index (χ1) is 12.5. The standard InChI is InChI=1S/C20H23N3O3/c1-3-14-7-6-8-15(11-14)20(9-4-5-10-20)13-23-12-16(24)18(25)17(22-23)19(26)21-2/h3,6-8,11-12,24H,1,4-5,9-10,13H2,2H3,(H,21,26). The number of hydrogen-bond donors (Lipinski definition) is 2. The molecule has 0 unspecified atom stereocenters. The zero-order valence-corrected chi connectivity index (χ0v) is 14.9. The number of carbonyl (C=O) groups excluding carboxylic acids is 1. The molecule has 2 aromatic rings. The van der Waals surface area contributed by atoms with Gasteiger partial charge in [0.05, 0.1) is 12.7 Å². The molecule has 1 aromatic carbocycles. The fourth-order valence-electron chi connectivity index (χ4n) is 3.77. The van der Waals surface area contributed by atoms with Crippen LogP contribution >= 0.6 is 0 Å². The minimum absolute atomic E-state index is 0.145. The van der Waals surface area contributed by atoms with E-state index in [1.807, 2.05) is 18.2 Å². The number of benzene rings is 1. The van der Waals surface area contributed by atoms with Gasteiger partial charge in [-0.05, 0) is 24.0 Å². The third-order valence-electron chi connectivity index (χ3n) is 5.15. The second kappa shape index (κ2) is 7.15. The summed E-state index contributed by atoms with van der Waals surface area (Å²) in [5.41, 5.74) is 1.05. The molecule has 6 heteroatoms. The van der Waals surface area contributed by atoms with Gasteiger partial charge in [0.2, 0.25) is 0 Å². The van der Waals surface area contributed by atoms with Crippen molar-refractivity contribution in [2.75, 3.05) is 7.05 Å². The van der Waals surface area contributed by atoms with Crippen LogP contribution in [0, 0.1) is 0 Å². The number of aromatic hydroxyl groups is 1. The molecule has 0 atom stereocenters. The number of carbonyl (C=O) groups is 1. The van der Waals surface area contributed by atoms with Crippen molar-refractivity contribution in [2.45, 2.75) is 37.6 Å². The van der Waals surface area contributed by atoms with E-state index in [1.165, 1.54) is 23.5 Å². The Kier molecular flexibility index (Phi) is 4.93. The lowest BCUT2D eigenvalue weighted by Crippen LogP contribution is -2.33. The maximum Gasteiger partial charge on any atom is 0.275 e. The van der Waals surface area contributed by atoms with Gasteiger partial charge in [-0.15, -0.1) is 0 Å². The van der Waals surface area contributed by atoms with Gasteiger partial charge < -0.3 is 10.4 Å². The first-order valence-electron chi connectivity index (χ1n) is 8.75. The molecule has 1 heterocycles. The predicted molar refractivity (Wildman–Crippen MR) is 100 cm³/mol. The SMILES string of the molecule is C=Cc1cccc(C2(Cn3cc(O)c(=O)c(C(=O)NC)n3)CCCC2)c1. The van der Waals surface area contributed by atoms with Crippen molar-refractivity contribution in [3.63, 3.8) is 0 Å². The smallest absolute Gasteiger partial charge is 0.275 e. The molecule has 136 valence electrons. The Morgan fingerprint density at radius 2 is 2.15 bits per heavy atom. The lowest BCUT2D eigenvalue weighted by Gasteiger charge is -2.30. The summed E-state index contributed by atoms with van der Waals surface area (Å²) in [6, 6.07) is 8.24. The Bertz CT molecular complexity index is 895. The van der Waals surface area contributed by atoms with Crippen LogP contribution in [0.5, 0.6) is 5.75 Å². The summed E-state index contributed by atoms with van der Waals surface area (Å²) >= 11 is 0. The van der Waals surface area contributed by atoms with Crippen molar-refractivity contribution in [1.82, 2.24) is 15.1 Å². The van der Waals surface area contributed by atoms with Crippen molar-refractivity contribution in [3.8, 4) is 5.75 Å². The summed E-state index contributed by atoms with van der Waals surface area (Å²) in [5, 5.41) is 16.6. The maximum absolute atomic E-state index is 12.0. The van der Waals surface area contributed by atoms with E-state index in [9.17, 15) is 14.7 Å². The predicted octanol–water partition coefficient (Wildman–Crippen LogP) is 2.46. The van der Waals surface area contributed by atoms with E-state index in [4.69, 9.17) is 0 Å². The molecular formula is C20H23N3O3. The van der Waals surface area contributed by atoms with E-state index in [2.05, 4.69) is 29.1 Å². The first-order valence-corrected chi connectivity index (χ1v) is 8.75. The quantitative estimate of drug-likeness (QED) is 0.865. The number of nitrogens with one attached hydrogen (secondary N) is 1. The van der Waals surface area contributed by atoms with Crippen molar-refractivity contribution < 1.29 is 9.90 Å². The highest BCUT2D eigenvalue weighted by Gasteiger charge is 2.36. The number of rotatable bonds is 5. The summed E-state index contributed by atoms with van der Waals surface area (Å²) < 4.78 is 1.52. The van der Waals surface area contributed by atoms with Crippen molar-refractivity contribution in [3.05, 3.63) is 64.1 Å². The topological polar surface area (TPSA) is 84.2 Å². The molecule has 0 aliphatic heterocycles. The van der Waals surface area contributed by atoms with E-state index in [0.29, 0.717) is 6.54 Å². The number of amides is 1. The molecule has 26 heavy (non-hydrogen) atoms. The molecular weight excluding hydrogens is 330 g/mol. The van der Waals surface area contributed by atoms with Gasteiger partial charge in [-0.25, -0.2) is 0 Å². The van der Waals surface area contributed by atoms with Gasteiger partial charge in [0.25, 0.3) is 11.3 Å². The van der Waals surface area contributed by atoms with Gasteiger partial charge in [0.1, 0.15) is 0 Å². The number of hydrogen-bond acceptors (Lipinski definition) is 4. The average molecular weight is 353 g/mol. The monoisotopic (exact) mass is 353 g/mol. The zero-order chi connectivity index (χ0) is 18.7. The molecule has 1 amide bonds. The number of aromatic nitrogens is 2. The zero-order valence-electron chi connectivity index (χ0n) is 14.9. The van der Waals surface area contributed by atoms with E-state index in [1.54, 1.807) is 0 Å². The molecule has 1 saturated carbocycles. The van der Waals surface area contributed by atoms with Crippen LogP contribution in [0.3, 0.4) is 0 Å². The highest BCUT2D eigenvalue weighted by molar-refractivity contribution is 5.92. The Balaban J connectivity index is 2.04. The van der Waals surface area contributed by atoms with E-state index >= 15 is 0 Å². The summed E-state index contributed by atoms with van der Waals surface area (Å²) in [6.45, 7) is 4.33. The minimum Gasteiger partial charge on any atom is -0.503 e. The molecule has 1 aromatic heterocycles. The van der Waals surface area contributed by atoms with Gasteiger partial charge in [0, 0.05) is 12.5 Å². The molecule has 0 radical (unpaired) electrons. The molecule has 6 nitrogen and oxygen atoms in total. The highest BCUT2D eigenvalue weighted by Crippen LogP contribution is 2.42. The Labute approximate surface area is 152 Å². The van der Waals surface area contributed by atoms with E-state index in [0.717, 1.165) is 31.2 Å². The third-order valence-corrected chi connectivity index (χ3v) is 5.15. The van der Waals surface area contributed by atoms with Crippen LogP contribution in [0.25, 0.3) is 6.08 Å². The average Bonchev–Trinajstić information content (AvgIpc) is 3.13. The lowest BCUT2D eigenvalue weighted by atomic mass is 9.78. The molecule has 0 bridgehead atoms. The van der Waals surface area contributed by atoms with Crippen LogP contribution in [-0.4, -0.2) is 27.8 Å². The fraction of sp³-hybridized carbons (Fsp3) is 0.350. The molecule has 0 spiro atoms. The van der Waals surface area contributed by atoms with Gasteiger partial charge in [-0.2, -0.15) is 5.10 Å². The van der Waals surface area contributed by atoms with Gasteiger partial charge in [0.15, 0.2) is 11.4 Å². The summed E-state index contributed by atoms with van der Waals surface area (Å²) in [6.07, 6.45) is 7.31. The Morgan fingerprint density at radius 3 is 2.81 bits per heavy atom. The normalized spacial score (nSPS) is 15.6. The lowest BCUT2D eigenvalue weighted by molar-refractivity contribution is 0.0953. The van der Waals surface area contributed by atoms with Gasteiger partial charge in [-0.3, -0.25) is 14.3 Å². The van der Waals surface area contributed by atoms with Crippen molar-refractivity contribution >= 4 is 12.0 Å². The van der Waals surface area contributed by atoms with E-state index in [-0.39, 0.29) is 11.1 Å². The number of nitrogens with zero attached hydrogens (tertiary/aromatic N) is 2. The fourth-order valence-corrected chi connectivity index (χ4v) is 3.77. The van der Waals surface area contributed by atoms with Crippen molar-refractivity contribution in [1.29, 1.82) is 0 Å². The van der Waals surface area contributed by atoms with Crippen LogP contribution < -0.4 is 10.7 Å². The molecule has 0 saturated heterocycles. The van der Waals surface area contributed by atoms with Crippen LogP contribution in [-0.2, 0) is 12.0 Å². The van der Waals surface area contributed by atoms with Gasteiger partial charge >= 0.3 is 0 Å². The van der Waals surface area contributed by atoms with Crippen LogP contribution in [0.1, 0.15) is 47.3 Å². The first kappa shape index (κ1) is 17.9. The van der Waals surface area contributed by atoms with Crippen LogP contribution in [0.4, 0.5) is 0 Å². The Morgan fingerprint density at radius 1 is 1.42 bits per heavy atom. The maximum atomic E-state index is 12.0. The molecule has 1 aliphatic carbocycles. The summed E-state index contributed by atoms with van der Waals surface area (Å²) in [4.78, 5) is 23.9. The third kappa shape index (κ3) is 3.27. The second-order valence-electron chi connectivity index (χ2n) is 6.79. The largest absolute Gasteiger partial charge is 0.503 e. The summed E-state index contributed by atoms with van der Waals surface area (Å²) in [7, 11) is 1.43. The molecule has 1 aliphatic rings.